The molecular formula is C16H18N4O3S. The number of nitrogens with one attached hydrogen (secondary N) is 2. The zero-order valence-corrected chi connectivity index (χ0v) is 14.2. The predicted molar refractivity (Wildman–Crippen MR) is 88.7 cm³/mol. The van der Waals surface area contributed by atoms with Crippen LogP contribution in [0.15, 0.2) is 45.8 Å². The van der Waals surface area contributed by atoms with E-state index in [9.17, 15) is 8.42 Å². The van der Waals surface area contributed by atoms with E-state index in [0.717, 1.165) is 11.1 Å². The highest BCUT2D eigenvalue weighted by Gasteiger charge is 2.18. The van der Waals surface area contributed by atoms with Crippen molar-refractivity contribution in [3.63, 3.8) is 0 Å². The van der Waals surface area contributed by atoms with Gasteiger partial charge in [-0.25, -0.2) is 13.1 Å². The van der Waals surface area contributed by atoms with Crippen molar-refractivity contribution in [2.45, 2.75) is 31.7 Å². The van der Waals surface area contributed by atoms with Gasteiger partial charge in [0.25, 0.3) is 5.89 Å². The van der Waals surface area contributed by atoms with Crippen molar-refractivity contribution in [3.8, 4) is 11.6 Å². The van der Waals surface area contributed by atoms with E-state index in [1.54, 1.807) is 0 Å². The Kier molecular flexibility index (Phi) is 4.50. The smallest absolute Gasteiger partial charge is 0.264 e. The SMILES string of the molecule is CCc1nnc(-c2cc(S(=O)(=O)NCc3ccc(C)cc3)c[nH]2)o1. The lowest BCUT2D eigenvalue weighted by atomic mass is 10.2. The molecule has 0 atom stereocenters. The van der Waals surface area contributed by atoms with Crippen molar-refractivity contribution in [1.82, 2.24) is 19.9 Å². The first-order valence-corrected chi connectivity index (χ1v) is 9.02. The maximum Gasteiger partial charge on any atom is 0.264 e. The summed E-state index contributed by atoms with van der Waals surface area (Å²) >= 11 is 0. The van der Waals surface area contributed by atoms with Crippen LogP contribution in [0.5, 0.6) is 0 Å². The number of aromatic amines is 1. The first kappa shape index (κ1) is 16.4. The third-order valence-electron chi connectivity index (χ3n) is 3.55. The van der Waals surface area contributed by atoms with Gasteiger partial charge in [0.05, 0.1) is 0 Å². The van der Waals surface area contributed by atoms with Crippen LogP contribution >= 0.6 is 0 Å². The molecule has 0 unspecified atom stereocenters. The molecule has 2 aromatic heterocycles. The molecule has 3 aromatic rings. The highest BCUT2D eigenvalue weighted by Crippen LogP contribution is 2.20. The number of aryl methyl sites for hydroxylation is 2. The lowest BCUT2D eigenvalue weighted by molar-refractivity contribution is 0.511. The summed E-state index contributed by atoms with van der Waals surface area (Å²) in [6.07, 6.45) is 2.03. The fraction of sp³-hybridized carbons (Fsp3) is 0.250. The van der Waals surface area contributed by atoms with Crippen LogP contribution in [0.25, 0.3) is 11.6 Å². The maximum absolute atomic E-state index is 12.4. The van der Waals surface area contributed by atoms with Crippen molar-refractivity contribution >= 4 is 10.0 Å². The highest BCUT2D eigenvalue weighted by atomic mass is 32.2. The normalized spacial score (nSPS) is 11.8. The molecule has 0 aliphatic rings. The van der Waals surface area contributed by atoms with E-state index in [2.05, 4.69) is 19.9 Å². The Morgan fingerprint density at radius 1 is 1.21 bits per heavy atom. The van der Waals surface area contributed by atoms with Crippen LogP contribution in [0.3, 0.4) is 0 Å². The second kappa shape index (κ2) is 6.58. The van der Waals surface area contributed by atoms with E-state index < -0.39 is 10.0 Å². The van der Waals surface area contributed by atoms with Gasteiger partial charge in [0.1, 0.15) is 10.6 Å². The molecule has 126 valence electrons. The molecule has 1 aromatic carbocycles. The summed E-state index contributed by atoms with van der Waals surface area (Å²) in [5.74, 6) is 0.772. The van der Waals surface area contributed by atoms with Gasteiger partial charge in [0.15, 0.2) is 0 Å². The van der Waals surface area contributed by atoms with Gasteiger partial charge in [-0.1, -0.05) is 36.8 Å². The Hall–Kier alpha value is -2.45. The molecule has 0 fully saturated rings. The van der Waals surface area contributed by atoms with Gasteiger partial charge in [0.2, 0.25) is 15.9 Å². The molecule has 8 heteroatoms. The van der Waals surface area contributed by atoms with Crippen molar-refractivity contribution in [1.29, 1.82) is 0 Å². The van der Waals surface area contributed by atoms with Gasteiger partial charge in [-0.2, -0.15) is 0 Å². The number of benzene rings is 1. The first-order chi connectivity index (χ1) is 11.5. The van der Waals surface area contributed by atoms with Gasteiger partial charge in [-0.05, 0) is 18.6 Å². The van der Waals surface area contributed by atoms with Crippen LogP contribution in [0.2, 0.25) is 0 Å². The Bertz CT molecular complexity index is 926. The molecule has 0 radical (unpaired) electrons. The minimum absolute atomic E-state index is 0.126. The lowest BCUT2D eigenvalue weighted by Crippen LogP contribution is -2.22. The molecule has 24 heavy (non-hydrogen) atoms. The third kappa shape index (κ3) is 3.55. The third-order valence-corrected chi connectivity index (χ3v) is 4.93. The number of nitrogens with zero attached hydrogens (tertiary/aromatic N) is 2. The van der Waals surface area contributed by atoms with Gasteiger partial charge in [-0.3, -0.25) is 0 Å². The summed E-state index contributed by atoms with van der Waals surface area (Å²) in [5.41, 5.74) is 2.49. The van der Waals surface area contributed by atoms with Gasteiger partial charge in [0, 0.05) is 19.2 Å². The van der Waals surface area contributed by atoms with E-state index >= 15 is 0 Å². The summed E-state index contributed by atoms with van der Waals surface area (Å²) < 4.78 is 32.8. The number of aromatic nitrogens is 3. The van der Waals surface area contributed by atoms with Crippen LogP contribution in [-0.2, 0) is 23.0 Å². The fourth-order valence-corrected chi connectivity index (χ4v) is 3.14. The predicted octanol–water partition coefficient (Wildman–Crippen LogP) is 2.41. The average Bonchev–Trinajstić information content (AvgIpc) is 3.23. The Morgan fingerprint density at radius 2 is 1.96 bits per heavy atom. The summed E-state index contributed by atoms with van der Waals surface area (Å²) in [6, 6.07) is 9.15. The molecular weight excluding hydrogens is 328 g/mol. The first-order valence-electron chi connectivity index (χ1n) is 7.54. The number of hydrogen-bond donors (Lipinski definition) is 2. The summed E-state index contributed by atoms with van der Waals surface area (Å²) in [4.78, 5) is 2.98. The number of rotatable bonds is 6. The molecule has 0 aliphatic carbocycles. The maximum atomic E-state index is 12.4. The molecule has 0 saturated heterocycles. The molecule has 0 bridgehead atoms. The van der Waals surface area contributed by atoms with E-state index in [0.29, 0.717) is 18.0 Å². The quantitative estimate of drug-likeness (QED) is 0.714. The summed E-state index contributed by atoms with van der Waals surface area (Å²) in [6.45, 7) is 4.11. The molecule has 0 amide bonds. The lowest BCUT2D eigenvalue weighted by Gasteiger charge is -2.05. The van der Waals surface area contributed by atoms with Crippen molar-refractivity contribution < 1.29 is 12.8 Å². The summed E-state index contributed by atoms with van der Waals surface area (Å²) in [5, 5.41) is 7.76. The molecule has 7 nitrogen and oxygen atoms in total. The average molecular weight is 346 g/mol. The Labute approximate surface area is 140 Å². The zero-order chi connectivity index (χ0) is 17.2. The topological polar surface area (TPSA) is 101 Å². The van der Waals surface area contributed by atoms with Crippen molar-refractivity contribution in [2.24, 2.45) is 0 Å². The van der Waals surface area contributed by atoms with Crippen molar-refractivity contribution in [2.75, 3.05) is 0 Å². The van der Waals surface area contributed by atoms with Gasteiger partial charge >= 0.3 is 0 Å². The highest BCUT2D eigenvalue weighted by molar-refractivity contribution is 7.89. The standard InChI is InChI=1S/C16H18N4O3S/c1-3-15-19-20-16(23-15)14-8-13(10-17-14)24(21,22)18-9-12-6-4-11(2)5-7-12/h4-8,10,17-18H,3,9H2,1-2H3. The van der Waals surface area contributed by atoms with E-state index in [-0.39, 0.29) is 17.3 Å². The van der Waals surface area contributed by atoms with E-state index in [1.807, 2.05) is 38.1 Å². The van der Waals surface area contributed by atoms with Crippen LogP contribution in [-0.4, -0.2) is 23.6 Å². The van der Waals surface area contributed by atoms with Gasteiger partial charge in [-0.15, -0.1) is 10.2 Å². The number of hydrogen-bond acceptors (Lipinski definition) is 5. The van der Waals surface area contributed by atoms with Crippen molar-refractivity contribution in [3.05, 3.63) is 53.5 Å². The fourth-order valence-electron chi connectivity index (χ4n) is 2.13. The molecule has 3 rings (SSSR count). The minimum Gasteiger partial charge on any atom is -0.419 e. The van der Waals surface area contributed by atoms with E-state index in [1.165, 1.54) is 12.3 Å². The number of sulfonamides is 1. The Morgan fingerprint density at radius 3 is 2.62 bits per heavy atom. The number of H-pyrrole nitrogens is 1. The second-order valence-electron chi connectivity index (χ2n) is 5.41. The van der Waals surface area contributed by atoms with Crippen LogP contribution in [0, 0.1) is 6.92 Å². The van der Waals surface area contributed by atoms with Gasteiger partial charge < -0.3 is 9.40 Å². The summed E-state index contributed by atoms with van der Waals surface area (Å²) in [7, 11) is -3.63. The van der Waals surface area contributed by atoms with Crippen LogP contribution in [0.1, 0.15) is 23.9 Å². The molecule has 0 spiro atoms. The molecule has 2 N–H and O–H groups in total. The Balaban J connectivity index is 1.74. The largest absolute Gasteiger partial charge is 0.419 e. The zero-order valence-electron chi connectivity index (χ0n) is 13.4. The second-order valence-corrected chi connectivity index (χ2v) is 7.18. The minimum atomic E-state index is -3.63. The van der Waals surface area contributed by atoms with E-state index in [4.69, 9.17) is 4.42 Å². The monoisotopic (exact) mass is 346 g/mol. The van der Waals surface area contributed by atoms with Crippen LogP contribution in [0.4, 0.5) is 0 Å². The molecule has 2 heterocycles. The van der Waals surface area contributed by atoms with Crippen LogP contribution < -0.4 is 4.72 Å². The molecule has 0 saturated carbocycles. The molecule has 0 aliphatic heterocycles.